The van der Waals surface area contributed by atoms with E-state index in [2.05, 4.69) is 21.0 Å². The van der Waals surface area contributed by atoms with Crippen molar-refractivity contribution in [1.82, 2.24) is 14.2 Å². The van der Waals surface area contributed by atoms with E-state index in [9.17, 15) is 25.2 Å². The van der Waals surface area contributed by atoms with E-state index in [1.165, 1.54) is 9.08 Å². The minimum Gasteiger partial charge on any atom is -0.394 e. The van der Waals surface area contributed by atoms with Crippen LogP contribution in [-0.2, 0) is 11.3 Å². The van der Waals surface area contributed by atoms with Crippen LogP contribution in [0.1, 0.15) is 17.2 Å². The first-order chi connectivity index (χ1) is 14.3. The maximum absolute atomic E-state index is 12.6. The smallest absolute Gasteiger partial charge is 0.350 e. The number of hydrogen-bond donors (Lipinski definition) is 4. The Balaban J connectivity index is 1.67. The van der Waals surface area contributed by atoms with Gasteiger partial charge in [-0.1, -0.05) is 17.7 Å². The molecule has 1 aliphatic rings. The molecule has 0 saturated carbocycles. The zero-order chi connectivity index (χ0) is 21.6. The molecular formula is C19H19BrClN3O6. The largest absolute Gasteiger partial charge is 0.394 e. The van der Waals surface area contributed by atoms with Gasteiger partial charge < -0.3 is 25.2 Å². The number of pyridine rings is 1. The molecule has 30 heavy (non-hydrogen) atoms. The molecule has 5 atom stereocenters. The summed E-state index contributed by atoms with van der Waals surface area (Å²) in [5, 5.41) is 44.5. The fourth-order valence-corrected chi connectivity index (χ4v) is 4.04. The van der Waals surface area contributed by atoms with Gasteiger partial charge in [-0.3, -0.25) is 0 Å². The van der Waals surface area contributed by atoms with Crippen molar-refractivity contribution in [2.24, 2.45) is 0 Å². The van der Waals surface area contributed by atoms with E-state index in [-0.39, 0.29) is 12.2 Å². The van der Waals surface area contributed by atoms with Gasteiger partial charge in [-0.25, -0.2) is 13.9 Å². The maximum atomic E-state index is 12.6. The Morgan fingerprint density at radius 3 is 2.63 bits per heavy atom. The van der Waals surface area contributed by atoms with Crippen molar-refractivity contribution >= 4 is 33.2 Å². The summed E-state index contributed by atoms with van der Waals surface area (Å²) in [5.74, 6) is 0. The first kappa shape index (κ1) is 21.4. The number of aliphatic hydroxyl groups excluding tert-OH is 4. The lowest BCUT2D eigenvalue weighted by Crippen LogP contribution is -2.55. The van der Waals surface area contributed by atoms with E-state index in [1.54, 1.807) is 36.5 Å². The number of rotatable bonds is 4. The lowest BCUT2D eigenvalue weighted by Gasteiger charge is -2.40. The van der Waals surface area contributed by atoms with Gasteiger partial charge in [-0.2, -0.15) is 0 Å². The summed E-state index contributed by atoms with van der Waals surface area (Å²) in [6, 6.07) is 8.32. The number of aliphatic hydroxyl groups is 4. The lowest BCUT2D eigenvalue weighted by atomic mass is 9.90. The highest BCUT2D eigenvalue weighted by molar-refractivity contribution is 9.10. The van der Waals surface area contributed by atoms with Crippen LogP contribution in [0.4, 0.5) is 0 Å². The number of halogens is 2. The second-order valence-corrected chi connectivity index (χ2v) is 8.44. The van der Waals surface area contributed by atoms with E-state index in [0.717, 1.165) is 4.47 Å². The van der Waals surface area contributed by atoms with Gasteiger partial charge in [0.05, 0.1) is 13.2 Å². The van der Waals surface area contributed by atoms with Crippen LogP contribution in [-0.4, -0.2) is 65.6 Å². The third-order valence-corrected chi connectivity index (χ3v) is 5.99. The molecule has 1 aromatic carbocycles. The van der Waals surface area contributed by atoms with Crippen molar-refractivity contribution in [3.05, 3.63) is 67.6 Å². The molecule has 4 N–H and O–H groups in total. The van der Waals surface area contributed by atoms with Gasteiger partial charge in [-0.15, -0.1) is 5.10 Å². The van der Waals surface area contributed by atoms with E-state index >= 15 is 0 Å². The van der Waals surface area contributed by atoms with Crippen LogP contribution >= 0.6 is 27.5 Å². The normalized spacial score (nSPS) is 26.9. The molecule has 1 saturated heterocycles. The molecule has 0 bridgehead atoms. The van der Waals surface area contributed by atoms with Crippen LogP contribution in [0.2, 0.25) is 5.02 Å². The number of ether oxygens (including phenoxy) is 1. The van der Waals surface area contributed by atoms with Crippen LogP contribution in [0.15, 0.2) is 45.8 Å². The highest BCUT2D eigenvalue weighted by Crippen LogP contribution is 2.34. The molecule has 9 nitrogen and oxygen atoms in total. The quantitative estimate of drug-likeness (QED) is 0.410. The van der Waals surface area contributed by atoms with E-state index in [0.29, 0.717) is 21.8 Å². The topological polar surface area (TPSA) is 129 Å². The predicted octanol–water partition coefficient (Wildman–Crippen LogP) is 0.475. The molecule has 0 unspecified atom stereocenters. The first-order valence-electron chi connectivity index (χ1n) is 9.13. The molecule has 0 radical (unpaired) electrons. The molecule has 0 aliphatic carbocycles. The Hall–Kier alpha value is -1.79. The second-order valence-electron chi connectivity index (χ2n) is 7.12. The molecule has 1 aliphatic heterocycles. The lowest BCUT2D eigenvalue weighted by molar-refractivity contribution is -0.231. The van der Waals surface area contributed by atoms with Gasteiger partial charge in [-0.05, 0) is 51.3 Å². The summed E-state index contributed by atoms with van der Waals surface area (Å²) in [6.07, 6.45) is -4.74. The van der Waals surface area contributed by atoms with Gasteiger partial charge in [0, 0.05) is 15.7 Å². The van der Waals surface area contributed by atoms with Crippen molar-refractivity contribution < 1.29 is 25.2 Å². The molecule has 1 fully saturated rings. The number of aromatic nitrogens is 3. The zero-order valence-electron chi connectivity index (χ0n) is 15.5. The molecule has 160 valence electrons. The average Bonchev–Trinajstić information content (AvgIpc) is 3.03. The second kappa shape index (κ2) is 8.39. The Labute approximate surface area is 183 Å². The van der Waals surface area contributed by atoms with E-state index in [1.807, 2.05) is 0 Å². The minimum absolute atomic E-state index is 0.0717. The van der Waals surface area contributed by atoms with Crippen LogP contribution in [0.5, 0.6) is 0 Å². The van der Waals surface area contributed by atoms with E-state index in [4.69, 9.17) is 16.3 Å². The van der Waals surface area contributed by atoms with E-state index < -0.39 is 37.1 Å². The van der Waals surface area contributed by atoms with Crippen molar-refractivity contribution in [2.75, 3.05) is 6.61 Å². The molecule has 2 aromatic heterocycles. The summed E-state index contributed by atoms with van der Waals surface area (Å²) in [5.41, 5.74) is 1.16. The Morgan fingerprint density at radius 1 is 1.13 bits per heavy atom. The van der Waals surface area contributed by atoms with Crippen LogP contribution in [0.25, 0.3) is 5.65 Å². The van der Waals surface area contributed by atoms with Gasteiger partial charge in [0.1, 0.15) is 30.5 Å². The van der Waals surface area contributed by atoms with Gasteiger partial charge >= 0.3 is 5.69 Å². The number of benzene rings is 1. The molecule has 3 heterocycles. The average molecular weight is 501 g/mol. The molecular weight excluding hydrogens is 482 g/mol. The molecule has 0 amide bonds. The van der Waals surface area contributed by atoms with Crippen molar-refractivity contribution in [2.45, 2.75) is 37.1 Å². The summed E-state index contributed by atoms with van der Waals surface area (Å²) in [6.45, 7) is -0.448. The maximum Gasteiger partial charge on any atom is 0.350 e. The number of nitrogens with zero attached hydrogens (tertiary/aromatic N) is 3. The number of hydrogen-bond acceptors (Lipinski definition) is 7. The van der Waals surface area contributed by atoms with Crippen molar-refractivity contribution in [1.29, 1.82) is 0 Å². The van der Waals surface area contributed by atoms with Crippen LogP contribution in [0.3, 0.4) is 0 Å². The van der Waals surface area contributed by atoms with Crippen LogP contribution < -0.4 is 5.69 Å². The first-order valence-corrected chi connectivity index (χ1v) is 10.3. The van der Waals surface area contributed by atoms with Gasteiger partial charge in [0.25, 0.3) is 0 Å². The Bertz CT molecular complexity index is 1130. The highest BCUT2D eigenvalue weighted by Gasteiger charge is 2.44. The summed E-state index contributed by atoms with van der Waals surface area (Å²) in [4.78, 5) is 12.6. The highest BCUT2D eigenvalue weighted by atomic mass is 79.9. The van der Waals surface area contributed by atoms with Crippen molar-refractivity contribution in [3.8, 4) is 0 Å². The van der Waals surface area contributed by atoms with Crippen molar-refractivity contribution in [3.63, 3.8) is 0 Å². The number of fused-ring (bicyclic) bond motifs is 1. The van der Waals surface area contributed by atoms with Gasteiger partial charge in [0.15, 0.2) is 5.65 Å². The van der Waals surface area contributed by atoms with Crippen LogP contribution in [0, 0.1) is 0 Å². The Kier molecular flexibility index (Phi) is 5.99. The molecule has 0 spiro atoms. The molecule has 11 heteroatoms. The molecule has 3 aromatic rings. The molecule has 4 rings (SSSR count). The standard InChI is InChI=1S/C19H19BrClN3O6/c20-11-2-4-14-22-24(19(29)23(14)7-11)6-10-5-9(1-3-12(10)21)18-17(28)16(27)15(26)13(8-25)30-18/h1-5,7,13,15-18,25-28H,6,8H2/t13-,15-,16+,17-,18+/m1/s1. The predicted molar refractivity (Wildman–Crippen MR) is 110 cm³/mol. The summed E-state index contributed by atoms with van der Waals surface area (Å²) in [7, 11) is 0. The third kappa shape index (κ3) is 3.80. The fraction of sp³-hybridized carbons (Fsp3) is 0.368. The SMILES string of the molecule is O=c1n(Cc2cc([C@@H]3O[C@H](CO)[C@@H](O)[C@H](O)[C@H]3O)ccc2Cl)nc2ccc(Br)cn12. The Morgan fingerprint density at radius 2 is 1.90 bits per heavy atom. The zero-order valence-corrected chi connectivity index (χ0v) is 17.8. The minimum atomic E-state index is -1.49. The summed E-state index contributed by atoms with van der Waals surface area (Å²) < 4.78 is 9.00. The fourth-order valence-electron chi connectivity index (χ4n) is 3.53. The summed E-state index contributed by atoms with van der Waals surface area (Å²) >= 11 is 9.64. The third-order valence-electron chi connectivity index (χ3n) is 5.15. The van der Waals surface area contributed by atoms with Gasteiger partial charge in [0.2, 0.25) is 0 Å². The monoisotopic (exact) mass is 499 g/mol.